The molecule has 1 saturated heterocycles. The topological polar surface area (TPSA) is 82.2 Å². The van der Waals surface area contributed by atoms with Gasteiger partial charge >= 0.3 is 0 Å². The SMILES string of the molecule is Cc1cccc(Cn2cc3c(n2)-c2c(oc(C(=O)NC[C@H]4CCCO4)c2C)CC3)n1. The minimum absolute atomic E-state index is 0.108. The summed E-state index contributed by atoms with van der Waals surface area (Å²) in [5, 5.41) is 7.79. The Morgan fingerprint density at radius 1 is 1.30 bits per heavy atom. The van der Waals surface area contributed by atoms with Crippen LogP contribution in [0.15, 0.2) is 28.8 Å². The van der Waals surface area contributed by atoms with Crippen LogP contribution in [0.25, 0.3) is 11.3 Å². The molecule has 1 aliphatic heterocycles. The van der Waals surface area contributed by atoms with E-state index in [0.717, 1.165) is 66.3 Å². The van der Waals surface area contributed by atoms with Crippen LogP contribution >= 0.6 is 0 Å². The molecule has 7 heteroatoms. The molecule has 1 amide bonds. The third-order valence-electron chi connectivity index (χ3n) is 5.91. The maximum atomic E-state index is 12.7. The fourth-order valence-electron chi connectivity index (χ4n) is 4.41. The van der Waals surface area contributed by atoms with Gasteiger partial charge in [-0.05, 0) is 50.8 Å². The molecule has 1 atom stereocenters. The molecule has 0 bridgehead atoms. The second-order valence-corrected chi connectivity index (χ2v) is 8.17. The minimum Gasteiger partial charge on any atom is -0.455 e. The summed E-state index contributed by atoms with van der Waals surface area (Å²) in [5.41, 5.74) is 5.90. The largest absolute Gasteiger partial charge is 0.455 e. The van der Waals surface area contributed by atoms with Gasteiger partial charge in [-0.2, -0.15) is 5.10 Å². The van der Waals surface area contributed by atoms with Crippen LogP contribution in [0.2, 0.25) is 0 Å². The molecule has 0 saturated carbocycles. The van der Waals surface area contributed by atoms with Gasteiger partial charge in [0, 0.05) is 42.6 Å². The summed E-state index contributed by atoms with van der Waals surface area (Å²) in [5.74, 6) is 1.06. The smallest absolute Gasteiger partial charge is 0.287 e. The second-order valence-electron chi connectivity index (χ2n) is 8.17. The van der Waals surface area contributed by atoms with Gasteiger partial charge in [-0.15, -0.1) is 0 Å². The summed E-state index contributed by atoms with van der Waals surface area (Å²) in [6.07, 6.45) is 5.87. The van der Waals surface area contributed by atoms with E-state index in [1.807, 2.05) is 36.7 Å². The number of pyridine rings is 1. The van der Waals surface area contributed by atoms with Crippen LogP contribution in [0, 0.1) is 13.8 Å². The molecule has 2 aliphatic rings. The lowest BCUT2D eigenvalue weighted by Crippen LogP contribution is -2.31. The Morgan fingerprint density at radius 2 is 2.20 bits per heavy atom. The zero-order valence-corrected chi connectivity index (χ0v) is 17.4. The molecule has 0 unspecified atom stereocenters. The van der Waals surface area contributed by atoms with Gasteiger partial charge < -0.3 is 14.5 Å². The third-order valence-corrected chi connectivity index (χ3v) is 5.91. The number of ether oxygens (including phenoxy) is 1. The van der Waals surface area contributed by atoms with E-state index in [1.54, 1.807) is 0 Å². The monoisotopic (exact) mass is 406 g/mol. The molecule has 30 heavy (non-hydrogen) atoms. The molecule has 7 nitrogen and oxygen atoms in total. The van der Waals surface area contributed by atoms with Crippen molar-refractivity contribution in [2.24, 2.45) is 0 Å². The number of nitrogens with zero attached hydrogens (tertiary/aromatic N) is 3. The van der Waals surface area contributed by atoms with E-state index in [-0.39, 0.29) is 12.0 Å². The highest BCUT2D eigenvalue weighted by atomic mass is 16.5. The van der Waals surface area contributed by atoms with Crippen LogP contribution in [0.1, 0.15) is 51.7 Å². The van der Waals surface area contributed by atoms with E-state index in [0.29, 0.717) is 18.8 Å². The fourth-order valence-corrected chi connectivity index (χ4v) is 4.41. The molecule has 0 radical (unpaired) electrons. The molecule has 1 N–H and O–H groups in total. The molecule has 1 fully saturated rings. The van der Waals surface area contributed by atoms with Gasteiger partial charge in [0.1, 0.15) is 5.76 Å². The van der Waals surface area contributed by atoms with E-state index in [2.05, 4.69) is 16.5 Å². The standard InChI is InChI=1S/C23H26N4O3/c1-14-5-3-6-17(25-14)13-27-12-16-8-9-19-20(21(16)26-27)15(2)22(30-19)23(28)24-11-18-7-4-10-29-18/h3,5-6,12,18H,4,7-11,13H2,1-2H3,(H,24,28)/t18-/m1/s1. The van der Waals surface area contributed by atoms with Gasteiger partial charge in [-0.1, -0.05) is 6.07 Å². The van der Waals surface area contributed by atoms with Crippen LogP contribution < -0.4 is 5.32 Å². The van der Waals surface area contributed by atoms with Crippen molar-refractivity contribution in [1.82, 2.24) is 20.1 Å². The lowest BCUT2D eigenvalue weighted by atomic mass is 9.93. The number of aromatic nitrogens is 3. The van der Waals surface area contributed by atoms with Crippen LogP contribution in [0.5, 0.6) is 0 Å². The summed E-state index contributed by atoms with van der Waals surface area (Å²) in [4.78, 5) is 17.3. The zero-order chi connectivity index (χ0) is 20.7. The summed E-state index contributed by atoms with van der Waals surface area (Å²) in [7, 11) is 0. The van der Waals surface area contributed by atoms with Gasteiger partial charge in [0.15, 0.2) is 5.76 Å². The van der Waals surface area contributed by atoms with Gasteiger partial charge in [0.05, 0.1) is 24.0 Å². The Balaban J connectivity index is 1.38. The van der Waals surface area contributed by atoms with Gasteiger partial charge in [0.2, 0.25) is 0 Å². The molecule has 0 spiro atoms. The predicted octanol–water partition coefficient (Wildman–Crippen LogP) is 3.21. The highest BCUT2D eigenvalue weighted by Crippen LogP contribution is 2.38. The van der Waals surface area contributed by atoms with Crippen LogP contribution in [0.4, 0.5) is 0 Å². The first kappa shape index (κ1) is 19.1. The Hall–Kier alpha value is -2.93. The summed E-state index contributed by atoms with van der Waals surface area (Å²) in [6, 6.07) is 6.02. The molecule has 1 aliphatic carbocycles. The van der Waals surface area contributed by atoms with Crippen molar-refractivity contribution in [1.29, 1.82) is 0 Å². The Kier molecular flexibility index (Phi) is 4.90. The Labute approximate surface area is 175 Å². The molecule has 3 aromatic heterocycles. The number of carbonyl (C=O) groups is 1. The lowest BCUT2D eigenvalue weighted by molar-refractivity contribution is 0.0833. The average molecular weight is 406 g/mol. The normalized spacial score (nSPS) is 17.6. The number of nitrogens with one attached hydrogen (secondary N) is 1. The lowest BCUT2D eigenvalue weighted by Gasteiger charge is -2.10. The molecule has 156 valence electrons. The van der Waals surface area contributed by atoms with Crippen molar-refractivity contribution < 1.29 is 13.9 Å². The third kappa shape index (κ3) is 3.54. The Morgan fingerprint density at radius 3 is 3.00 bits per heavy atom. The maximum absolute atomic E-state index is 12.7. The molecular formula is C23H26N4O3. The zero-order valence-electron chi connectivity index (χ0n) is 17.4. The van der Waals surface area contributed by atoms with E-state index >= 15 is 0 Å². The molecule has 3 aromatic rings. The van der Waals surface area contributed by atoms with Gasteiger partial charge in [0.25, 0.3) is 5.91 Å². The number of hydrogen-bond acceptors (Lipinski definition) is 5. The highest BCUT2D eigenvalue weighted by molar-refractivity contribution is 5.95. The molecule has 4 heterocycles. The van der Waals surface area contributed by atoms with Crippen LogP contribution in [-0.4, -0.2) is 39.9 Å². The van der Waals surface area contributed by atoms with E-state index in [1.165, 1.54) is 5.56 Å². The predicted molar refractivity (Wildman–Crippen MR) is 111 cm³/mol. The summed E-state index contributed by atoms with van der Waals surface area (Å²) in [6.45, 7) is 5.85. The second kappa shape index (κ2) is 7.72. The minimum atomic E-state index is -0.178. The maximum Gasteiger partial charge on any atom is 0.287 e. The van der Waals surface area contributed by atoms with E-state index in [4.69, 9.17) is 14.3 Å². The van der Waals surface area contributed by atoms with E-state index < -0.39 is 0 Å². The van der Waals surface area contributed by atoms with E-state index in [9.17, 15) is 4.79 Å². The van der Waals surface area contributed by atoms with Crippen molar-refractivity contribution in [3.05, 3.63) is 58.4 Å². The average Bonchev–Trinajstić information content (AvgIpc) is 3.44. The van der Waals surface area contributed by atoms with Crippen molar-refractivity contribution >= 4 is 5.91 Å². The number of aryl methyl sites for hydroxylation is 3. The first-order chi connectivity index (χ1) is 14.6. The van der Waals surface area contributed by atoms with Crippen molar-refractivity contribution in [2.75, 3.05) is 13.2 Å². The number of amides is 1. The van der Waals surface area contributed by atoms with Gasteiger partial charge in [-0.25, -0.2) is 0 Å². The summed E-state index contributed by atoms with van der Waals surface area (Å²) < 4.78 is 13.5. The Bertz CT molecular complexity index is 1090. The van der Waals surface area contributed by atoms with Gasteiger partial charge in [-0.3, -0.25) is 14.5 Å². The highest BCUT2D eigenvalue weighted by Gasteiger charge is 2.30. The number of hydrogen-bond donors (Lipinski definition) is 1. The van der Waals surface area contributed by atoms with Crippen molar-refractivity contribution in [2.45, 2.75) is 52.2 Å². The molecular weight excluding hydrogens is 380 g/mol. The van der Waals surface area contributed by atoms with Crippen molar-refractivity contribution in [3.8, 4) is 11.3 Å². The van der Waals surface area contributed by atoms with Crippen molar-refractivity contribution in [3.63, 3.8) is 0 Å². The fraction of sp³-hybridized carbons (Fsp3) is 0.435. The molecule has 5 rings (SSSR count). The van der Waals surface area contributed by atoms with Crippen LogP contribution in [-0.2, 0) is 24.1 Å². The number of fused-ring (bicyclic) bond motifs is 3. The first-order valence-electron chi connectivity index (χ1n) is 10.6. The number of furan rings is 1. The van der Waals surface area contributed by atoms with Crippen LogP contribution in [0.3, 0.4) is 0 Å². The quantitative estimate of drug-likeness (QED) is 0.704. The summed E-state index contributed by atoms with van der Waals surface area (Å²) >= 11 is 0. The number of rotatable bonds is 5. The first-order valence-corrected chi connectivity index (χ1v) is 10.6. The number of carbonyl (C=O) groups excluding carboxylic acids is 1. The molecule has 0 aromatic carbocycles.